The zero-order chi connectivity index (χ0) is 20.4. The molecule has 8 heteroatoms. The van der Waals surface area contributed by atoms with Crippen LogP contribution in [-0.4, -0.2) is 79.2 Å². The number of nitrogens with zero attached hydrogens (tertiary/aromatic N) is 3. The molecule has 1 aromatic rings. The molecule has 2 aliphatic heterocycles. The molecular formula is C22H30ClN3O4. The highest BCUT2D eigenvalue weighted by Gasteiger charge is 2.47. The number of imide groups is 1. The SMILES string of the molecule is COc1ccccc1N1CCN(CC(O)CN2C(=O)C3CC=CCC3C2=O)CC1.Cl. The van der Waals surface area contributed by atoms with Gasteiger partial charge in [0.25, 0.3) is 0 Å². The first kappa shape index (κ1) is 22.6. The lowest BCUT2D eigenvalue weighted by atomic mass is 9.85. The average Bonchev–Trinajstić information content (AvgIpc) is 2.99. The van der Waals surface area contributed by atoms with Crippen LogP contribution in [0.3, 0.4) is 0 Å². The molecule has 2 saturated heterocycles. The third kappa shape index (κ3) is 4.48. The van der Waals surface area contributed by atoms with Crippen molar-refractivity contribution in [2.45, 2.75) is 18.9 Å². The van der Waals surface area contributed by atoms with Gasteiger partial charge >= 0.3 is 0 Å². The second-order valence-corrected chi connectivity index (χ2v) is 8.06. The molecule has 0 aromatic heterocycles. The molecule has 2 amide bonds. The zero-order valence-corrected chi connectivity index (χ0v) is 18.1. The lowest BCUT2D eigenvalue weighted by Gasteiger charge is -2.37. The van der Waals surface area contributed by atoms with Gasteiger partial charge in [0.2, 0.25) is 11.8 Å². The van der Waals surface area contributed by atoms with Crippen molar-refractivity contribution < 1.29 is 19.4 Å². The summed E-state index contributed by atoms with van der Waals surface area (Å²) in [4.78, 5) is 30.9. The van der Waals surface area contributed by atoms with Crippen molar-refractivity contribution in [3.63, 3.8) is 0 Å². The van der Waals surface area contributed by atoms with Gasteiger partial charge in [0.15, 0.2) is 0 Å². The number of β-amino-alcohol motifs (C(OH)–C–C–N with tert-alkyl or cyclic N) is 1. The topological polar surface area (TPSA) is 73.3 Å². The molecule has 164 valence electrons. The van der Waals surface area contributed by atoms with Crippen molar-refractivity contribution >= 4 is 29.9 Å². The summed E-state index contributed by atoms with van der Waals surface area (Å²) in [5, 5.41) is 10.6. The predicted octanol–water partition coefficient (Wildman–Crippen LogP) is 1.55. The number of rotatable bonds is 6. The molecule has 1 aromatic carbocycles. The van der Waals surface area contributed by atoms with Crippen LogP contribution in [0.2, 0.25) is 0 Å². The Bertz CT molecular complexity index is 768. The van der Waals surface area contributed by atoms with Gasteiger partial charge in [-0.1, -0.05) is 24.3 Å². The number of halogens is 1. The van der Waals surface area contributed by atoms with Crippen LogP contribution < -0.4 is 9.64 Å². The highest BCUT2D eigenvalue weighted by Crippen LogP contribution is 2.35. The molecule has 0 spiro atoms. The fourth-order valence-corrected chi connectivity index (χ4v) is 4.68. The number of aliphatic hydroxyl groups is 1. The molecule has 3 unspecified atom stereocenters. The molecule has 1 aliphatic carbocycles. The van der Waals surface area contributed by atoms with Crippen molar-refractivity contribution in [3.05, 3.63) is 36.4 Å². The summed E-state index contributed by atoms with van der Waals surface area (Å²) in [5.74, 6) is 0.157. The van der Waals surface area contributed by atoms with Gasteiger partial charge in [0.05, 0.1) is 37.3 Å². The number of benzene rings is 1. The number of ether oxygens (including phenoxy) is 1. The summed E-state index contributed by atoms with van der Waals surface area (Å²) in [6, 6.07) is 7.98. The minimum Gasteiger partial charge on any atom is -0.495 e. The molecule has 0 saturated carbocycles. The third-order valence-corrected chi connectivity index (χ3v) is 6.26. The van der Waals surface area contributed by atoms with Gasteiger partial charge in [-0.05, 0) is 25.0 Å². The van der Waals surface area contributed by atoms with Gasteiger partial charge in [0, 0.05) is 32.7 Å². The summed E-state index contributed by atoms with van der Waals surface area (Å²) < 4.78 is 5.46. The number of anilines is 1. The van der Waals surface area contributed by atoms with Crippen LogP contribution in [0.25, 0.3) is 0 Å². The molecular weight excluding hydrogens is 406 g/mol. The highest BCUT2D eigenvalue weighted by atomic mass is 35.5. The number of carbonyl (C=O) groups excluding carboxylic acids is 2. The second kappa shape index (κ2) is 9.81. The van der Waals surface area contributed by atoms with Crippen molar-refractivity contribution in [2.75, 3.05) is 51.3 Å². The lowest BCUT2D eigenvalue weighted by molar-refractivity contribution is -0.141. The van der Waals surface area contributed by atoms with Gasteiger partial charge in [-0.25, -0.2) is 0 Å². The molecule has 2 fully saturated rings. The molecule has 3 atom stereocenters. The number of piperazine rings is 1. The molecule has 3 aliphatic rings. The maximum atomic E-state index is 12.6. The maximum Gasteiger partial charge on any atom is 0.233 e. The van der Waals surface area contributed by atoms with Crippen molar-refractivity contribution in [3.8, 4) is 5.75 Å². The molecule has 7 nitrogen and oxygen atoms in total. The number of allylic oxidation sites excluding steroid dienone is 2. The number of fused-ring (bicyclic) bond motifs is 1. The van der Waals surface area contributed by atoms with E-state index in [9.17, 15) is 14.7 Å². The minimum absolute atomic E-state index is 0. The van der Waals surface area contributed by atoms with E-state index in [0.29, 0.717) is 19.4 Å². The Kier molecular flexibility index (Phi) is 7.39. The van der Waals surface area contributed by atoms with Gasteiger partial charge in [-0.2, -0.15) is 0 Å². The number of aliphatic hydroxyl groups excluding tert-OH is 1. The smallest absolute Gasteiger partial charge is 0.233 e. The van der Waals surface area contributed by atoms with Crippen LogP contribution in [0.4, 0.5) is 5.69 Å². The van der Waals surface area contributed by atoms with Crippen LogP contribution in [-0.2, 0) is 9.59 Å². The summed E-state index contributed by atoms with van der Waals surface area (Å²) in [6.07, 6.45) is 4.49. The normalized spacial score (nSPS) is 25.1. The summed E-state index contributed by atoms with van der Waals surface area (Å²) in [7, 11) is 1.68. The number of likely N-dealkylation sites (tertiary alicyclic amines) is 1. The average molecular weight is 436 g/mol. The standard InChI is InChI=1S/C22H29N3O4.ClH/c1-29-20-9-5-4-8-19(20)24-12-10-23(11-13-24)14-16(26)15-25-21(27)17-6-2-3-7-18(17)22(25)28;/h2-5,8-9,16-18,26H,6-7,10-15H2,1H3;1H. The minimum atomic E-state index is -0.728. The third-order valence-electron chi connectivity index (χ3n) is 6.26. The maximum absolute atomic E-state index is 12.6. The summed E-state index contributed by atoms with van der Waals surface area (Å²) in [5.41, 5.74) is 1.08. The summed E-state index contributed by atoms with van der Waals surface area (Å²) in [6.45, 7) is 3.86. The van der Waals surface area contributed by atoms with Crippen molar-refractivity contribution in [2.24, 2.45) is 11.8 Å². The number of methoxy groups -OCH3 is 1. The van der Waals surface area contributed by atoms with Crippen LogP contribution in [0.5, 0.6) is 5.75 Å². The van der Waals surface area contributed by atoms with Crippen molar-refractivity contribution in [1.29, 1.82) is 0 Å². The Morgan fingerprint density at radius 1 is 1.00 bits per heavy atom. The van der Waals surface area contributed by atoms with Crippen LogP contribution in [0.15, 0.2) is 36.4 Å². The van der Waals surface area contributed by atoms with Gasteiger partial charge in [0.1, 0.15) is 5.75 Å². The van der Waals surface area contributed by atoms with Gasteiger partial charge in [-0.3, -0.25) is 19.4 Å². The highest BCUT2D eigenvalue weighted by molar-refractivity contribution is 6.05. The summed E-state index contributed by atoms with van der Waals surface area (Å²) >= 11 is 0. The number of carbonyl (C=O) groups is 2. The van der Waals surface area contributed by atoms with E-state index in [1.54, 1.807) is 7.11 Å². The Labute approximate surface area is 183 Å². The monoisotopic (exact) mass is 435 g/mol. The Hall–Kier alpha value is -2.09. The molecule has 30 heavy (non-hydrogen) atoms. The van der Waals surface area contributed by atoms with Crippen LogP contribution >= 0.6 is 12.4 Å². The van der Waals surface area contributed by atoms with E-state index in [1.807, 2.05) is 30.4 Å². The first-order chi connectivity index (χ1) is 14.1. The van der Waals surface area contributed by atoms with Gasteiger partial charge in [-0.15, -0.1) is 12.4 Å². The van der Waals surface area contributed by atoms with E-state index in [1.165, 1.54) is 4.90 Å². The fraction of sp³-hybridized carbons (Fsp3) is 0.545. The number of para-hydroxylation sites is 2. The Morgan fingerprint density at radius 2 is 1.60 bits per heavy atom. The molecule has 1 N–H and O–H groups in total. The van der Waals surface area contributed by atoms with Crippen LogP contribution in [0, 0.1) is 11.8 Å². The fourth-order valence-electron chi connectivity index (χ4n) is 4.68. The van der Waals surface area contributed by atoms with Gasteiger partial charge < -0.3 is 14.7 Å². The second-order valence-electron chi connectivity index (χ2n) is 8.06. The largest absolute Gasteiger partial charge is 0.495 e. The lowest BCUT2D eigenvalue weighted by Crippen LogP contribution is -2.50. The van der Waals surface area contributed by atoms with E-state index < -0.39 is 6.10 Å². The Morgan fingerprint density at radius 3 is 2.20 bits per heavy atom. The molecule has 0 radical (unpaired) electrons. The van der Waals surface area contributed by atoms with E-state index >= 15 is 0 Å². The van der Waals surface area contributed by atoms with E-state index in [2.05, 4.69) is 15.9 Å². The number of hydrogen-bond acceptors (Lipinski definition) is 6. The number of hydrogen-bond donors (Lipinski definition) is 1. The van der Waals surface area contributed by atoms with Crippen LogP contribution in [0.1, 0.15) is 12.8 Å². The first-order valence-corrected chi connectivity index (χ1v) is 10.4. The predicted molar refractivity (Wildman–Crippen MR) is 117 cm³/mol. The van der Waals surface area contributed by atoms with Crippen molar-refractivity contribution in [1.82, 2.24) is 9.80 Å². The van der Waals surface area contributed by atoms with E-state index in [-0.39, 0.29) is 42.6 Å². The molecule has 4 rings (SSSR count). The number of amides is 2. The quantitative estimate of drug-likeness (QED) is 0.540. The van der Waals surface area contributed by atoms with E-state index in [4.69, 9.17) is 4.74 Å². The molecule has 0 bridgehead atoms. The van der Waals surface area contributed by atoms with E-state index in [0.717, 1.165) is 37.6 Å². The molecule has 2 heterocycles. The zero-order valence-electron chi connectivity index (χ0n) is 17.3. The first-order valence-electron chi connectivity index (χ1n) is 10.4. The Balaban J connectivity index is 0.00000256.